The van der Waals surface area contributed by atoms with Crippen molar-refractivity contribution in [2.45, 2.75) is 13.5 Å². The number of amides is 1. The first-order valence-corrected chi connectivity index (χ1v) is 5.71. The molecule has 0 aliphatic heterocycles. The molecule has 1 rings (SSSR count). The Bertz CT molecular complexity index is 472. The topological polar surface area (TPSA) is 84.9 Å². The summed E-state index contributed by atoms with van der Waals surface area (Å²) < 4.78 is 10.2. The zero-order valence-electron chi connectivity index (χ0n) is 11.1. The highest BCUT2D eigenvalue weighted by atomic mass is 16.5. The molecule has 6 nitrogen and oxygen atoms in total. The summed E-state index contributed by atoms with van der Waals surface area (Å²) in [5.74, 6) is -1.55. The average Bonchev–Trinajstić information content (AvgIpc) is 2.43. The summed E-state index contributed by atoms with van der Waals surface area (Å²) >= 11 is 0. The second kappa shape index (κ2) is 6.63. The monoisotopic (exact) mass is 267 g/mol. The Labute approximate surface area is 111 Å². The van der Waals surface area contributed by atoms with E-state index >= 15 is 0 Å². The molecule has 1 aromatic rings. The van der Waals surface area contributed by atoms with Crippen molar-refractivity contribution in [3.05, 3.63) is 23.8 Å². The van der Waals surface area contributed by atoms with Crippen LogP contribution in [0.2, 0.25) is 0 Å². The lowest BCUT2D eigenvalue weighted by Crippen LogP contribution is -2.33. The number of ether oxygens (including phenoxy) is 2. The van der Waals surface area contributed by atoms with Gasteiger partial charge in [0.1, 0.15) is 17.4 Å². The second-order valence-corrected chi connectivity index (χ2v) is 3.96. The van der Waals surface area contributed by atoms with Gasteiger partial charge in [0.15, 0.2) is 0 Å². The number of hydrogen-bond acceptors (Lipinski definition) is 4. The Morgan fingerprint density at radius 1 is 1.32 bits per heavy atom. The van der Waals surface area contributed by atoms with Gasteiger partial charge in [0, 0.05) is 12.1 Å². The molecule has 6 heteroatoms. The van der Waals surface area contributed by atoms with Crippen molar-refractivity contribution >= 4 is 11.9 Å². The molecule has 2 N–H and O–H groups in total. The van der Waals surface area contributed by atoms with Gasteiger partial charge in [-0.05, 0) is 25.1 Å². The summed E-state index contributed by atoms with van der Waals surface area (Å²) in [5, 5.41) is 11.3. The molecule has 0 heterocycles. The van der Waals surface area contributed by atoms with Gasteiger partial charge in [-0.2, -0.15) is 0 Å². The summed E-state index contributed by atoms with van der Waals surface area (Å²) in [7, 11) is 3.06. The smallest absolute Gasteiger partial charge is 0.315 e. The lowest BCUT2D eigenvalue weighted by molar-refractivity contribution is -0.146. The van der Waals surface area contributed by atoms with Gasteiger partial charge in [-0.3, -0.25) is 9.59 Å². The van der Waals surface area contributed by atoms with Crippen LogP contribution >= 0.6 is 0 Å². The molecule has 0 saturated carbocycles. The largest absolute Gasteiger partial charge is 0.497 e. The fourth-order valence-electron chi connectivity index (χ4n) is 1.47. The highest BCUT2D eigenvalue weighted by Crippen LogP contribution is 2.23. The van der Waals surface area contributed by atoms with Crippen LogP contribution in [0.5, 0.6) is 11.5 Å². The van der Waals surface area contributed by atoms with Crippen molar-refractivity contribution in [3.8, 4) is 11.5 Å². The van der Waals surface area contributed by atoms with Crippen LogP contribution in [0.15, 0.2) is 18.2 Å². The molecule has 1 unspecified atom stereocenters. The molecule has 0 aromatic heterocycles. The van der Waals surface area contributed by atoms with Gasteiger partial charge in [-0.1, -0.05) is 0 Å². The van der Waals surface area contributed by atoms with E-state index in [-0.39, 0.29) is 6.54 Å². The van der Waals surface area contributed by atoms with Crippen LogP contribution in [-0.4, -0.2) is 31.2 Å². The normalized spacial score (nSPS) is 11.5. The van der Waals surface area contributed by atoms with Gasteiger partial charge in [-0.15, -0.1) is 0 Å². The van der Waals surface area contributed by atoms with Crippen molar-refractivity contribution in [2.75, 3.05) is 14.2 Å². The zero-order valence-corrected chi connectivity index (χ0v) is 11.1. The SMILES string of the molecule is COc1ccc(OC)c(CNC(=O)C(C)C(=O)O)c1. The van der Waals surface area contributed by atoms with Crippen molar-refractivity contribution in [1.29, 1.82) is 0 Å². The minimum Gasteiger partial charge on any atom is -0.497 e. The molecule has 0 radical (unpaired) electrons. The van der Waals surface area contributed by atoms with Gasteiger partial charge in [0.05, 0.1) is 14.2 Å². The van der Waals surface area contributed by atoms with Crippen LogP contribution in [0.1, 0.15) is 12.5 Å². The Balaban J connectivity index is 2.76. The number of carboxylic acid groups (broad SMARTS) is 1. The molecule has 0 aliphatic carbocycles. The maximum atomic E-state index is 11.5. The first-order chi connectivity index (χ1) is 8.99. The Hall–Kier alpha value is -2.24. The molecule has 0 fully saturated rings. The van der Waals surface area contributed by atoms with Gasteiger partial charge in [-0.25, -0.2) is 0 Å². The lowest BCUT2D eigenvalue weighted by Gasteiger charge is -2.12. The van der Waals surface area contributed by atoms with E-state index in [9.17, 15) is 9.59 Å². The van der Waals surface area contributed by atoms with Crippen molar-refractivity contribution in [2.24, 2.45) is 5.92 Å². The maximum absolute atomic E-state index is 11.5. The summed E-state index contributed by atoms with van der Waals surface area (Å²) in [4.78, 5) is 22.2. The van der Waals surface area contributed by atoms with Crippen molar-refractivity contribution in [1.82, 2.24) is 5.32 Å². The number of carbonyl (C=O) groups is 2. The number of hydrogen-bond donors (Lipinski definition) is 2. The third-order valence-electron chi connectivity index (χ3n) is 2.70. The number of rotatable bonds is 6. The van der Waals surface area contributed by atoms with Crippen LogP contribution in [0.3, 0.4) is 0 Å². The van der Waals surface area contributed by atoms with Crippen LogP contribution < -0.4 is 14.8 Å². The number of carboxylic acids is 1. The molecule has 0 spiro atoms. The van der Waals surface area contributed by atoms with Crippen LogP contribution in [0, 0.1) is 5.92 Å². The fourth-order valence-corrected chi connectivity index (χ4v) is 1.47. The lowest BCUT2D eigenvalue weighted by atomic mass is 10.1. The van der Waals surface area contributed by atoms with Crippen molar-refractivity contribution in [3.63, 3.8) is 0 Å². The Kier molecular flexibility index (Phi) is 5.17. The number of aliphatic carboxylic acids is 1. The quantitative estimate of drug-likeness (QED) is 0.752. The van der Waals surface area contributed by atoms with Gasteiger partial charge in [0.2, 0.25) is 5.91 Å². The molecule has 1 amide bonds. The molecular weight excluding hydrogens is 250 g/mol. The number of benzene rings is 1. The van der Waals surface area contributed by atoms with Crippen LogP contribution in [-0.2, 0) is 16.1 Å². The number of nitrogens with one attached hydrogen (secondary N) is 1. The minimum absolute atomic E-state index is 0.177. The second-order valence-electron chi connectivity index (χ2n) is 3.96. The van der Waals surface area contributed by atoms with E-state index in [0.29, 0.717) is 17.1 Å². The van der Waals surface area contributed by atoms with E-state index < -0.39 is 17.8 Å². The number of carbonyl (C=O) groups excluding carboxylic acids is 1. The number of methoxy groups -OCH3 is 2. The average molecular weight is 267 g/mol. The van der Waals surface area contributed by atoms with Crippen LogP contribution in [0.25, 0.3) is 0 Å². The first-order valence-electron chi connectivity index (χ1n) is 5.71. The highest BCUT2D eigenvalue weighted by Gasteiger charge is 2.20. The Morgan fingerprint density at radius 3 is 2.53 bits per heavy atom. The molecule has 1 aromatic carbocycles. The zero-order chi connectivity index (χ0) is 14.4. The van der Waals surface area contributed by atoms with Gasteiger partial charge < -0.3 is 19.9 Å². The van der Waals surface area contributed by atoms with Gasteiger partial charge in [0.25, 0.3) is 0 Å². The minimum atomic E-state index is -1.16. The van der Waals surface area contributed by atoms with E-state index in [1.807, 2.05) is 0 Å². The van der Waals surface area contributed by atoms with E-state index in [0.717, 1.165) is 0 Å². The third-order valence-corrected chi connectivity index (χ3v) is 2.70. The molecular formula is C13H17NO5. The molecule has 0 saturated heterocycles. The highest BCUT2D eigenvalue weighted by molar-refractivity contribution is 5.96. The molecule has 0 aliphatic rings. The van der Waals surface area contributed by atoms with E-state index in [2.05, 4.69) is 5.32 Å². The Morgan fingerprint density at radius 2 is 2.00 bits per heavy atom. The van der Waals surface area contributed by atoms with E-state index in [1.54, 1.807) is 18.2 Å². The predicted molar refractivity (Wildman–Crippen MR) is 68.2 cm³/mol. The summed E-state index contributed by atoms with van der Waals surface area (Å²) in [6, 6.07) is 5.19. The van der Waals surface area contributed by atoms with E-state index in [4.69, 9.17) is 14.6 Å². The molecule has 0 bridgehead atoms. The summed E-state index contributed by atoms with van der Waals surface area (Å²) in [6.07, 6.45) is 0. The molecule has 104 valence electrons. The standard InChI is InChI=1S/C13H17NO5/c1-8(13(16)17)12(15)14-7-9-6-10(18-2)4-5-11(9)19-3/h4-6,8H,7H2,1-3H3,(H,14,15)(H,16,17). The maximum Gasteiger partial charge on any atom is 0.315 e. The van der Waals surface area contributed by atoms with Crippen molar-refractivity contribution < 1.29 is 24.2 Å². The van der Waals surface area contributed by atoms with E-state index in [1.165, 1.54) is 21.1 Å². The van der Waals surface area contributed by atoms with Gasteiger partial charge >= 0.3 is 5.97 Å². The third kappa shape index (κ3) is 3.87. The predicted octanol–water partition coefficient (Wildman–Crippen LogP) is 1.04. The first kappa shape index (κ1) is 14.8. The molecule has 1 atom stereocenters. The van der Waals surface area contributed by atoms with Crippen LogP contribution in [0.4, 0.5) is 0 Å². The molecule has 19 heavy (non-hydrogen) atoms. The summed E-state index contributed by atoms with van der Waals surface area (Å²) in [5.41, 5.74) is 0.716. The summed E-state index contributed by atoms with van der Waals surface area (Å²) in [6.45, 7) is 1.51. The fraction of sp³-hybridized carbons (Fsp3) is 0.385.